The predicted octanol–water partition coefficient (Wildman–Crippen LogP) is 3.47. The minimum absolute atomic E-state index is 0.100. The maximum absolute atomic E-state index is 12.8. The summed E-state index contributed by atoms with van der Waals surface area (Å²) < 4.78 is 11.6. The van der Waals surface area contributed by atoms with Crippen LogP contribution >= 0.6 is 0 Å². The number of hydrogen-bond acceptors (Lipinski definition) is 5. The van der Waals surface area contributed by atoms with E-state index in [9.17, 15) is 4.79 Å². The van der Waals surface area contributed by atoms with Gasteiger partial charge >= 0.3 is 6.01 Å². The van der Waals surface area contributed by atoms with Crippen LogP contribution in [0.5, 0.6) is 6.01 Å². The summed E-state index contributed by atoms with van der Waals surface area (Å²) in [5, 5.41) is 0.935. The van der Waals surface area contributed by atoms with Crippen LogP contribution in [0, 0.1) is 0 Å². The molecular formula is C20H21N3O3. The maximum Gasteiger partial charge on any atom is 0.316 e. The number of fused-ring (bicyclic) bond motifs is 1. The van der Waals surface area contributed by atoms with E-state index in [-0.39, 0.29) is 12.0 Å². The molecule has 1 saturated heterocycles. The summed E-state index contributed by atoms with van der Waals surface area (Å²) in [6.07, 6.45) is 6.10. The number of amides is 1. The van der Waals surface area contributed by atoms with E-state index in [4.69, 9.17) is 9.15 Å². The molecule has 1 fully saturated rings. The molecule has 26 heavy (non-hydrogen) atoms. The molecule has 0 radical (unpaired) electrons. The number of benzene rings is 1. The number of carbonyl (C=O) groups is 1. The zero-order chi connectivity index (χ0) is 17.9. The van der Waals surface area contributed by atoms with Gasteiger partial charge in [0, 0.05) is 24.3 Å². The molecule has 1 amide bonds. The molecule has 0 spiro atoms. The second-order valence-electron chi connectivity index (χ2n) is 6.51. The first-order valence-electron chi connectivity index (χ1n) is 8.98. The van der Waals surface area contributed by atoms with Gasteiger partial charge in [0.25, 0.3) is 5.91 Å². The third-order valence-electron chi connectivity index (χ3n) is 4.66. The summed E-state index contributed by atoms with van der Waals surface area (Å²) in [6, 6.07) is 9.80. The zero-order valence-corrected chi connectivity index (χ0v) is 14.7. The Bertz CT molecular complexity index is 871. The van der Waals surface area contributed by atoms with Crippen LogP contribution in [0.4, 0.5) is 0 Å². The largest absolute Gasteiger partial charge is 0.458 e. The molecule has 3 aromatic rings. The Labute approximate surface area is 151 Å². The molecule has 134 valence electrons. The normalized spacial score (nSPS) is 17.4. The van der Waals surface area contributed by atoms with E-state index >= 15 is 0 Å². The Morgan fingerprint density at radius 2 is 2.12 bits per heavy atom. The predicted molar refractivity (Wildman–Crippen MR) is 97.2 cm³/mol. The number of para-hydroxylation sites is 1. The van der Waals surface area contributed by atoms with Gasteiger partial charge in [-0.2, -0.15) is 0 Å². The van der Waals surface area contributed by atoms with Gasteiger partial charge in [0.1, 0.15) is 11.7 Å². The number of likely N-dealkylation sites (tertiary alicyclic amines) is 1. The molecule has 1 unspecified atom stereocenters. The van der Waals surface area contributed by atoms with Crippen molar-refractivity contribution in [2.24, 2.45) is 0 Å². The molecule has 3 heterocycles. The smallest absolute Gasteiger partial charge is 0.316 e. The zero-order valence-electron chi connectivity index (χ0n) is 14.7. The van der Waals surface area contributed by atoms with Crippen molar-refractivity contribution in [2.45, 2.75) is 32.3 Å². The molecular weight excluding hydrogens is 330 g/mol. The lowest BCUT2D eigenvalue weighted by molar-refractivity contribution is 0.0491. The average molecular weight is 351 g/mol. The van der Waals surface area contributed by atoms with Gasteiger partial charge in [0.2, 0.25) is 0 Å². The van der Waals surface area contributed by atoms with Gasteiger partial charge < -0.3 is 14.1 Å². The minimum atomic E-state index is -0.107. The Morgan fingerprint density at radius 3 is 2.88 bits per heavy atom. The second-order valence-corrected chi connectivity index (χ2v) is 6.51. The maximum atomic E-state index is 12.8. The first kappa shape index (κ1) is 16.6. The fourth-order valence-electron chi connectivity index (χ4n) is 3.20. The number of nitrogens with zero attached hydrogens (tertiary/aromatic N) is 3. The van der Waals surface area contributed by atoms with Crippen molar-refractivity contribution < 1.29 is 13.9 Å². The van der Waals surface area contributed by atoms with Gasteiger partial charge in [-0.25, -0.2) is 9.97 Å². The summed E-state index contributed by atoms with van der Waals surface area (Å²) in [5.74, 6) is 0.271. The van der Waals surface area contributed by atoms with Gasteiger partial charge in [0.15, 0.2) is 5.76 Å². The standard InChI is InChI=1S/C20H21N3O3/c1-2-14-11-21-20(22-12-14)25-16-7-5-9-23(13-16)19(24)18-10-15-6-3-4-8-17(15)26-18/h3-4,6,8,10-12,16H,2,5,7,9,13H2,1H3. The average Bonchev–Trinajstić information content (AvgIpc) is 3.12. The monoisotopic (exact) mass is 351 g/mol. The number of carbonyl (C=O) groups excluding carboxylic acids is 1. The van der Waals surface area contributed by atoms with Gasteiger partial charge in [-0.3, -0.25) is 4.79 Å². The highest BCUT2D eigenvalue weighted by molar-refractivity contribution is 5.96. The fraction of sp³-hybridized carbons (Fsp3) is 0.350. The van der Waals surface area contributed by atoms with Crippen molar-refractivity contribution in [1.82, 2.24) is 14.9 Å². The van der Waals surface area contributed by atoms with Crippen molar-refractivity contribution in [2.75, 3.05) is 13.1 Å². The van der Waals surface area contributed by atoms with Crippen LogP contribution in [-0.2, 0) is 6.42 Å². The SMILES string of the molecule is CCc1cnc(OC2CCCN(C(=O)c3cc4ccccc4o3)C2)nc1. The fourth-order valence-corrected chi connectivity index (χ4v) is 3.20. The molecule has 0 N–H and O–H groups in total. The highest BCUT2D eigenvalue weighted by atomic mass is 16.5. The van der Waals surface area contributed by atoms with Gasteiger partial charge in [-0.1, -0.05) is 25.1 Å². The number of furan rings is 1. The summed E-state index contributed by atoms with van der Waals surface area (Å²) in [5.41, 5.74) is 1.80. The molecule has 1 aliphatic heterocycles. The Morgan fingerprint density at radius 1 is 1.31 bits per heavy atom. The first-order valence-corrected chi connectivity index (χ1v) is 8.98. The van der Waals surface area contributed by atoms with Crippen molar-refractivity contribution in [3.8, 4) is 6.01 Å². The number of ether oxygens (including phenoxy) is 1. The summed E-state index contributed by atoms with van der Waals surface area (Å²) in [7, 11) is 0. The van der Waals surface area contributed by atoms with Crippen LogP contribution in [-0.4, -0.2) is 40.0 Å². The molecule has 1 aromatic carbocycles. The van der Waals surface area contributed by atoms with Crippen LogP contribution in [0.1, 0.15) is 35.9 Å². The first-order chi connectivity index (χ1) is 12.7. The molecule has 0 aliphatic carbocycles. The van der Waals surface area contributed by atoms with Crippen molar-refractivity contribution in [1.29, 1.82) is 0 Å². The lowest BCUT2D eigenvalue weighted by atomic mass is 10.1. The Balaban J connectivity index is 1.44. The van der Waals surface area contributed by atoms with E-state index in [2.05, 4.69) is 16.9 Å². The second kappa shape index (κ2) is 7.15. The van der Waals surface area contributed by atoms with Crippen LogP contribution in [0.15, 0.2) is 47.1 Å². The third kappa shape index (κ3) is 3.40. The number of aromatic nitrogens is 2. The van der Waals surface area contributed by atoms with Crippen molar-refractivity contribution in [3.63, 3.8) is 0 Å². The number of hydrogen-bond donors (Lipinski definition) is 0. The van der Waals surface area contributed by atoms with E-state index < -0.39 is 0 Å². The van der Waals surface area contributed by atoms with E-state index in [1.165, 1.54) is 0 Å². The highest BCUT2D eigenvalue weighted by Gasteiger charge is 2.28. The van der Waals surface area contributed by atoms with Crippen LogP contribution in [0.2, 0.25) is 0 Å². The topological polar surface area (TPSA) is 68.5 Å². The van der Waals surface area contributed by atoms with Crippen molar-refractivity contribution >= 4 is 16.9 Å². The molecule has 6 nitrogen and oxygen atoms in total. The minimum Gasteiger partial charge on any atom is -0.458 e. The van der Waals surface area contributed by atoms with E-state index in [0.717, 1.165) is 35.8 Å². The molecule has 0 saturated carbocycles. The Hall–Kier alpha value is -2.89. The van der Waals surface area contributed by atoms with Crippen molar-refractivity contribution in [3.05, 3.63) is 54.0 Å². The summed E-state index contributed by atoms with van der Waals surface area (Å²) in [4.78, 5) is 23.1. The summed E-state index contributed by atoms with van der Waals surface area (Å²) >= 11 is 0. The molecule has 1 aliphatic rings. The van der Waals surface area contributed by atoms with E-state index in [0.29, 0.717) is 24.9 Å². The lowest BCUT2D eigenvalue weighted by Crippen LogP contribution is -2.44. The van der Waals surface area contributed by atoms with E-state index in [1.54, 1.807) is 23.4 Å². The van der Waals surface area contributed by atoms with E-state index in [1.807, 2.05) is 24.3 Å². The van der Waals surface area contributed by atoms with Crippen LogP contribution in [0.25, 0.3) is 11.0 Å². The third-order valence-corrected chi connectivity index (χ3v) is 4.66. The van der Waals surface area contributed by atoms with Crippen LogP contribution < -0.4 is 4.74 Å². The van der Waals surface area contributed by atoms with Gasteiger partial charge in [-0.05, 0) is 37.0 Å². The molecule has 6 heteroatoms. The molecule has 4 rings (SSSR count). The number of piperidine rings is 1. The molecule has 2 aromatic heterocycles. The Kier molecular flexibility index (Phi) is 4.56. The lowest BCUT2D eigenvalue weighted by Gasteiger charge is -2.31. The number of rotatable bonds is 4. The summed E-state index contributed by atoms with van der Waals surface area (Å²) in [6.45, 7) is 3.27. The number of aryl methyl sites for hydroxylation is 1. The highest BCUT2D eigenvalue weighted by Crippen LogP contribution is 2.22. The molecule has 1 atom stereocenters. The molecule has 0 bridgehead atoms. The van der Waals surface area contributed by atoms with Crippen LogP contribution in [0.3, 0.4) is 0 Å². The van der Waals surface area contributed by atoms with Gasteiger partial charge in [-0.15, -0.1) is 0 Å². The quantitative estimate of drug-likeness (QED) is 0.720. The van der Waals surface area contributed by atoms with Gasteiger partial charge in [0.05, 0.1) is 6.54 Å².